The fraction of sp³-hybridized carbons (Fsp3) is 0.500. The highest BCUT2D eigenvalue weighted by Crippen LogP contribution is 2.15. The molecule has 0 fully saturated rings. The van der Waals surface area contributed by atoms with Crippen LogP contribution < -0.4 is 0 Å². The number of nitrogens with zero attached hydrogens (tertiary/aromatic N) is 2. The lowest BCUT2D eigenvalue weighted by Crippen LogP contribution is -2.43. The Balaban J connectivity index is 2.97. The van der Waals surface area contributed by atoms with Gasteiger partial charge in [0.05, 0.1) is 5.56 Å². The zero-order valence-corrected chi connectivity index (χ0v) is 11.8. The predicted octanol–water partition coefficient (Wildman–Crippen LogP) is 1.96. The molecule has 0 aliphatic heterocycles. The Hall–Kier alpha value is -1.91. The van der Waals surface area contributed by atoms with Gasteiger partial charge in [-0.25, -0.2) is 4.79 Å². The topological polar surface area (TPSA) is 70.5 Å². The number of likely N-dealkylation sites (N-methyl/N-ethyl adjacent to an activating group) is 1. The first-order chi connectivity index (χ1) is 8.84. The van der Waals surface area contributed by atoms with E-state index in [9.17, 15) is 14.7 Å². The second-order valence-corrected chi connectivity index (χ2v) is 5.04. The van der Waals surface area contributed by atoms with Crippen molar-refractivity contribution in [3.63, 3.8) is 0 Å². The van der Waals surface area contributed by atoms with Crippen LogP contribution in [0.3, 0.4) is 0 Å². The van der Waals surface area contributed by atoms with Gasteiger partial charge in [0.25, 0.3) is 5.91 Å². The van der Waals surface area contributed by atoms with Crippen LogP contribution in [0, 0.1) is 12.8 Å². The molecule has 0 aliphatic carbocycles. The summed E-state index contributed by atoms with van der Waals surface area (Å²) in [4.78, 5) is 28.9. The molecule has 0 aromatic carbocycles. The maximum atomic E-state index is 12.3. The summed E-state index contributed by atoms with van der Waals surface area (Å²) in [6, 6.07) is 2.52. The molecular weight excluding hydrogens is 244 g/mol. The third kappa shape index (κ3) is 3.77. The van der Waals surface area contributed by atoms with Crippen LogP contribution in [-0.2, 0) is 4.79 Å². The summed E-state index contributed by atoms with van der Waals surface area (Å²) < 4.78 is 0. The molecule has 0 saturated carbocycles. The van der Waals surface area contributed by atoms with Crippen LogP contribution in [0.5, 0.6) is 0 Å². The van der Waals surface area contributed by atoms with E-state index < -0.39 is 12.0 Å². The monoisotopic (exact) mass is 264 g/mol. The number of amides is 1. The van der Waals surface area contributed by atoms with Crippen molar-refractivity contribution in [2.24, 2.45) is 5.92 Å². The number of pyridine rings is 1. The zero-order valence-electron chi connectivity index (χ0n) is 11.8. The summed E-state index contributed by atoms with van der Waals surface area (Å²) in [7, 11) is 1.52. The number of aliphatic carboxylic acids is 1. The SMILES string of the molecule is Cc1ncccc1C(=O)N(C)C(CC(C)C)C(=O)O. The highest BCUT2D eigenvalue weighted by molar-refractivity contribution is 5.97. The summed E-state index contributed by atoms with van der Waals surface area (Å²) in [6.45, 7) is 5.60. The highest BCUT2D eigenvalue weighted by Gasteiger charge is 2.28. The molecule has 1 amide bonds. The number of rotatable bonds is 5. The van der Waals surface area contributed by atoms with Crippen molar-refractivity contribution in [1.82, 2.24) is 9.88 Å². The Bertz CT molecular complexity index is 472. The number of aromatic nitrogens is 1. The van der Waals surface area contributed by atoms with Gasteiger partial charge < -0.3 is 10.0 Å². The highest BCUT2D eigenvalue weighted by atomic mass is 16.4. The van der Waals surface area contributed by atoms with E-state index in [4.69, 9.17) is 0 Å². The molecule has 19 heavy (non-hydrogen) atoms. The maximum Gasteiger partial charge on any atom is 0.326 e. The molecule has 1 atom stereocenters. The van der Waals surface area contributed by atoms with Crippen LogP contribution in [0.15, 0.2) is 18.3 Å². The Morgan fingerprint density at radius 2 is 2.05 bits per heavy atom. The summed E-state index contributed by atoms with van der Waals surface area (Å²) in [5.74, 6) is -1.09. The largest absolute Gasteiger partial charge is 0.480 e. The van der Waals surface area contributed by atoms with Gasteiger partial charge in [0.1, 0.15) is 6.04 Å². The lowest BCUT2D eigenvalue weighted by atomic mass is 10.0. The normalized spacial score (nSPS) is 12.3. The Kier molecular flexibility index (Phi) is 5.03. The molecule has 5 nitrogen and oxygen atoms in total. The standard InChI is InChI=1S/C14H20N2O3/c1-9(2)8-12(14(18)19)16(4)13(17)11-6-5-7-15-10(11)3/h5-7,9,12H,8H2,1-4H3,(H,18,19). The molecule has 104 valence electrons. The summed E-state index contributed by atoms with van der Waals surface area (Å²) >= 11 is 0. The molecular formula is C14H20N2O3. The lowest BCUT2D eigenvalue weighted by Gasteiger charge is -2.26. The van der Waals surface area contributed by atoms with Gasteiger partial charge in [0, 0.05) is 18.9 Å². The van der Waals surface area contributed by atoms with E-state index in [2.05, 4.69) is 4.98 Å². The third-order valence-corrected chi connectivity index (χ3v) is 3.00. The van der Waals surface area contributed by atoms with E-state index in [0.29, 0.717) is 17.7 Å². The van der Waals surface area contributed by atoms with Gasteiger partial charge in [0.2, 0.25) is 0 Å². The number of hydrogen-bond donors (Lipinski definition) is 1. The van der Waals surface area contributed by atoms with E-state index in [0.717, 1.165) is 0 Å². The molecule has 0 radical (unpaired) electrons. The van der Waals surface area contributed by atoms with Gasteiger partial charge in [-0.05, 0) is 31.4 Å². The zero-order chi connectivity index (χ0) is 14.6. The predicted molar refractivity (Wildman–Crippen MR) is 71.9 cm³/mol. The van der Waals surface area contributed by atoms with Crippen LogP contribution >= 0.6 is 0 Å². The molecule has 1 heterocycles. The Labute approximate surface area is 113 Å². The molecule has 0 bridgehead atoms. The minimum Gasteiger partial charge on any atom is -0.480 e. The minimum atomic E-state index is -0.980. The van der Waals surface area contributed by atoms with E-state index >= 15 is 0 Å². The van der Waals surface area contributed by atoms with E-state index in [1.165, 1.54) is 11.9 Å². The molecule has 0 saturated heterocycles. The first-order valence-electron chi connectivity index (χ1n) is 6.26. The molecule has 1 rings (SSSR count). The molecule has 5 heteroatoms. The second-order valence-electron chi connectivity index (χ2n) is 5.04. The average Bonchev–Trinajstić information content (AvgIpc) is 2.34. The lowest BCUT2D eigenvalue weighted by molar-refractivity contribution is -0.142. The van der Waals surface area contributed by atoms with E-state index in [-0.39, 0.29) is 11.8 Å². The number of hydrogen-bond acceptors (Lipinski definition) is 3. The minimum absolute atomic E-state index is 0.200. The fourth-order valence-electron chi connectivity index (χ4n) is 1.91. The van der Waals surface area contributed by atoms with E-state index in [1.807, 2.05) is 13.8 Å². The van der Waals surface area contributed by atoms with Gasteiger partial charge >= 0.3 is 5.97 Å². The number of aryl methyl sites for hydroxylation is 1. The average molecular weight is 264 g/mol. The van der Waals surface area contributed by atoms with Crippen LogP contribution in [-0.4, -0.2) is 40.0 Å². The van der Waals surface area contributed by atoms with Crippen molar-refractivity contribution in [1.29, 1.82) is 0 Å². The Morgan fingerprint density at radius 1 is 1.42 bits per heavy atom. The molecule has 1 N–H and O–H groups in total. The van der Waals surface area contributed by atoms with Gasteiger partial charge in [-0.2, -0.15) is 0 Å². The number of carboxylic acids is 1. The van der Waals surface area contributed by atoms with Crippen molar-refractivity contribution in [2.75, 3.05) is 7.05 Å². The van der Waals surface area contributed by atoms with E-state index in [1.54, 1.807) is 25.3 Å². The van der Waals surface area contributed by atoms with Crippen LogP contribution in [0.1, 0.15) is 36.3 Å². The van der Waals surface area contributed by atoms with Crippen LogP contribution in [0.2, 0.25) is 0 Å². The summed E-state index contributed by atoms with van der Waals surface area (Å²) in [6.07, 6.45) is 2.03. The first kappa shape index (κ1) is 15.1. The maximum absolute atomic E-state index is 12.3. The van der Waals surface area contributed by atoms with Gasteiger partial charge in [-0.3, -0.25) is 9.78 Å². The summed E-state index contributed by atoms with van der Waals surface area (Å²) in [5.41, 5.74) is 1.05. The van der Waals surface area contributed by atoms with Gasteiger partial charge in [-0.1, -0.05) is 13.8 Å². The second kappa shape index (κ2) is 6.31. The smallest absolute Gasteiger partial charge is 0.326 e. The van der Waals surface area contributed by atoms with Crippen LogP contribution in [0.4, 0.5) is 0 Å². The number of carbonyl (C=O) groups excluding carboxylic acids is 1. The summed E-state index contributed by atoms with van der Waals surface area (Å²) in [5, 5.41) is 9.25. The van der Waals surface area contributed by atoms with Crippen LogP contribution in [0.25, 0.3) is 0 Å². The molecule has 1 unspecified atom stereocenters. The van der Waals surface area contributed by atoms with Gasteiger partial charge in [-0.15, -0.1) is 0 Å². The molecule has 0 aliphatic rings. The fourth-order valence-corrected chi connectivity index (χ4v) is 1.91. The molecule has 1 aromatic heterocycles. The third-order valence-electron chi connectivity index (χ3n) is 3.00. The Morgan fingerprint density at radius 3 is 2.53 bits per heavy atom. The van der Waals surface area contributed by atoms with Crippen molar-refractivity contribution in [3.05, 3.63) is 29.6 Å². The number of carbonyl (C=O) groups is 2. The molecule has 1 aromatic rings. The first-order valence-corrected chi connectivity index (χ1v) is 6.26. The molecule has 0 spiro atoms. The number of carboxylic acid groups (broad SMARTS) is 1. The van der Waals surface area contributed by atoms with Crippen molar-refractivity contribution in [3.8, 4) is 0 Å². The van der Waals surface area contributed by atoms with Crippen molar-refractivity contribution in [2.45, 2.75) is 33.2 Å². The van der Waals surface area contributed by atoms with Crippen molar-refractivity contribution >= 4 is 11.9 Å². The quantitative estimate of drug-likeness (QED) is 0.882. The van der Waals surface area contributed by atoms with Crippen molar-refractivity contribution < 1.29 is 14.7 Å². The van der Waals surface area contributed by atoms with Gasteiger partial charge in [0.15, 0.2) is 0 Å².